The van der Waals surface area contributed by atoms with E-state index in [0.29, 0.717) is 25.7 Å². The summed E-state index contributed by atoms with van der Waals surface area (Å²) in [6, 6.07) is 0. The molecule has 0 bridgehead atoms. The number of allylic oxidation sites excluding steroid dienone is 3. The second-order valence-electron chi connectivity index (χ2n) is 9.97. The third kappa shape index (κ3) is 8.89. The molecule has 1 aliphatic carbocycles. The first-order valence-corrected chi connectivity index (χ1v) is 11.9. The van der Waals surface area contributed by atoms with Gasteiger partial charge in [0.1, 0.15) is 0 Å². The van der Waals surface area contributed by atoms with Crippen LogP contribution in [-0.4, -0.2) is 40.8 Å². The number of ether oxygens (including phenoxy) is 1. The highest BCUT2D eigenvalue weighted by Crippen LogP contribution is 2.46. The number of unbranched alkanes of at least 4 members (excludes halogenated alkanes) is 5. The van der Waals surface area contributed by atoms with E-state index in [4.69, 9.17) is 9.84 Å². The molecule has 5 heteroatoms. The monoisotopic (exact) mass is 436 g/mol. The van der Waals surface area contributed by atoms with E-state index in [1.165, 1.54) is 12.8 Å². The number of aliphatic hydroxyl groups is 1. The van der Waals surface area contributed by atoms with Crippen molar-refractivity contribution >= 4 is 11.8 Å². The Morgan fingerprint density at radius 1 is 1.06 bits per heavy atom. The van der Waals surface area contributed by atoms with Crippen molar-refractivity contribution in [2.45, 2.75) is 110 Å². The second kappa shape index (κ2) is 13.2. The quantitative estimate of drug-likeness (QED) is 0.202. The fraction of sp³-hybridized carbons (Fsp3) is 0.769. The van der Waals surface area contributed by atoms with Gasteiger partial charge in [-0.2, -0.15) is 0 Å². The average molecular weight is 437 g/mol. The number of ketones is 1. The van der Waals surface area contributed by atoms with Crippen LogP contribution in [0.25, 0.3) is 0 Å². The molecule has 0 aromatic rings. The van der Waals surface area contributed by atoms with E-state index in [-0.39, 0.29) is 18.1 Å². The van der Waals surface area contributed by atoms with Crippen LogP contribution in [0.2, 0.25) is 0 Å². The molecule has 1 aliphatic rings. The third-order valence-electron chi connectivity index (χ3n) is 6.26. The van der Waals surface area contributed by atoms with Gasteiger partial charge in [0.05, 0.1) is 11.7 Å². The normalized spacial score (nSPS) is 24.8. The molecule has 1 unspecified atom stereocenters. The minimum absolute atomic E-state index is 0.0203. The van der Waals surface area contributed by atoms with Crippen molar-refractivity contribution in [1.29, 1.82) is 0 Å². The fourth-order valence-electron chi connectivity index (χ4n) is 4.35. The molecule has 1 fully saturated rings. The van der Waals surface area contributed by atoms with Crippen molar-refractivity contribution in [2.24, 2.45) is 11.3 Å². The Morgan fingerprint density at radius 2 is 1.77 bits per heavy atom. The van der Waals surface area contributed by atoms with E-state index in [0.717, 1.165) is 31.3 Å². The molecule has 3 atom stereocenters. The zero-order chi connectivity index (χ0) is 23.5. The van der Waals surface area contributed by atoms with Gasteiger partial charge in [-0.1, -0.05) is 65.2 Å². The molecule has 0 aromatic heterocycles. The number of aliphatic carboxylic acids is 1. The molecule has 5 nitrogen and oxygen atoms in total. The molecule has 2 N–H and O–H groups in total. The average Bonchev–Trinajstić information content (AvgIpc) is 3.02. The van der Waals surface area contributed by atoms with Gasteiger partial charge in [0.15, 0.2) is 5.78 Å². The van der Waals surface area contributed by atoms with Crippen molar-refractivity contribution in [3.8, 4) is 0 Å². The van der Waals surface area contributed by atoms with Gasteiger partial charge in [-0.25, -0.2) is 0 Å². The Balaban J connectivity index is 2.91. The number of carbonyl (C=O) groups is 2. The molecule has 0 saturated heterocycles. The molecular formula is C26H44O5. The van der Waals surface area contributed by atoms with Crippen LogP contribution >= 0.6 is 0 Å². The summed E-state index contributed by atoms with van der Waals surface area (Å²) in [5.74, 6) is -0.657. The Labute approximate surface area is 189 Å². The lowest BCUT2D eigenvalue weighted by Gasteiger charge is -2.33. The van der Waals surface area contributed by atoms with Crippen LogP contribution in [0, 0.1) is 11.3 Å². The molecule has 0 aromatic carbocycles. The number of Topliss-reactive ketones (excluding diaryl/α,β-unsaturated/α-hetero) is 1. The van der Waals surface area contributed by atoms with E-state index >= 15 is 0 Å². The summed E-state index contributed by atoms with van der Waals surface area (Å²) in [7, 11) is 1.65. The van der Waals surface area contributed by atoms with Gasteiger partial charge in [-0.15, -0.1) is 0 Å². The number of hydrogen-bond acceptors (Lipinski definition) is 4. The van der Waals surface area contributed by atoms with Crippen molar-refractivity contribution in [3.05, 3.63) is 23.8 Å². The van der Waals surface area contributed by atoms with Crippen LogP contribution in [0.3, 0.4) is 0 Å². The van der Waals surface area contributed by atoms with E-state index in [1.54, 1.807) is 7.11 Å². The number of carbonyl (C=O) groups excluding carboxylic acids is 1. The summed E-state index contributed by atoms with van der Waals surface area (Å²) in [5.41, 5.74) is -0.518. The number of aliphatic hydroxyl groups excluding tert-OH is 1. The molecule has 31 heavy (non-hydrogen) atoms. The Morgan fingerprint density at radius 3 is 2.35 bits per heavy atom. The molecule has 178 valence electrons. The maximum atomic E-state index is 13.3. The van der Waals surface area contributed by atoms with E-state index in [1.807, 2.05) is 32.9 Å². The summed E-state index contributed by atoms with van der Waals surface area (Å²) in [5, 5.41) is 19.5. The van der Waals surface area contributed by atoms with Gasteiger partial charge < -0.3 is 14.9 Å². The molecule has 0 aliphatic heterocycles. The smallest absolute Gasteiger partial charge is 0.303 e. The zero-order valence-corrected chi connectivity index (χ0v) is 20.3. The van der Waals surface area contributed by atoms with E-state index in [2.05, 4.69) is 13.0 Å². The first-order chi connectivity index (χ1) is 14.6. The number of methoxy groups -OCH3 is 1. The summed E-state index contributed by atoms with van der Waals surface area (Å²) >= 11 is 0. The highest BCUT2D eigenvalue weighted by molar-refractivity contribution is 6.01. The van der Waals surface area contributed by atoms with Crippen molar-refractivity contribution in [1.82, 2.24) is 0 Å². The predicted octanol–water partition coefficient (Wildman–Crippen LogP) is 5.86. The summed E-state index contributed by atoms with van der Waals surface area (Å²) in [4.78, 5) is 23.9. The molecule has 0 radical (unpaired) electrons. The van der Waals surface area contributed by atoms with Crippen LogP contribution in [0.5, 0.6) is 0 Å². The largest absolute Gasteiger partial charge is 0.481 e. The van der Waals surface area contributed by atoms with Crippen molar-refractivity contribution in [2.75, 3.05) is 7.11 Å². The lowest BCUT2D eigenvalue weighted by molar-refractivity contribution is -0.137. The lowest BCUT2D eigenvalue weighted by Crippen LogP contribution is -2.39. The number of carboxylic acid groups (broad SMARTS) is 1. The van der Waals surface area contributed by atoms with Gasteiger partial charge in [-0.05, 0) is 44.4 Å². The van der Waals surface area contributed by atoms with Crippen LogP contribution < -0.4 is 0 Å². The molecule has 0 amide bonds. The fourth-order valence-corrected chi connectivity index (χ4v) is 4.35. The summed E-state index contributed by atoms with van der Waals surface area (Å²) in [6.07, 6.45) is 14.3. The molecule has 0 heterocycles. The molecule has 1 rings (SSSR count). The maximum Gasteiger partial charge on any atom is 0.303 e. The highest BCUT2D eigenvalue weighted by atomic mass is 16.5. The van der Waals surface area contributed by atoms with Gasteiger partial charge in [0.2, 0.25) is 0 Å². The van der Waals surface area contributed by atoms with Crippen molar-refractivity contribution in [3.63, 3.8) is 0 Å². The van der Waals surface area contributed by atoms with Crippen molar-refractivity contribution < 1.29 is 24.5 Å². The van der Waals surface area contributed by atoms with Gasteiger partial charge in [-0.3, -0.25) is 9.59 Å². The first-order valence-electron chi connectivity index (χ1n) is 11.9. The molecule has 1 saturated carbocycles. The topological polar surface area (TPSA) is 83.8 Å². The van der Waals surface area contributed by atoms with E-state index in [9.17, 15) is 14.7 Å². The second-order valence-corrected chi connectivity index (χ2v) is 9.97. The predicted molar refractivity (Wildman–Crippen MR) is 125 cm³/mol. The van der Waals surface area contributed by atoms with Crippen LogP contribution in [0.1, 0.15) is 98.3 Å². The minimum atomic E-state index is -0.776. The standard InChI is InChI=1S/C26H44O5/c1-6-7-8-9-13-16-21(24(30)25(2,3)4)26(31-5)18-20(22(27)19-26)15-12-10-11-14-17-23(28)29/h10,12,16,20,22,27H,6-9,11,13-15,17-19H2,1-5H3,(H,28,29)/b12-10-,21-16-/t20?,22-,26-/m0/s1. The number of hydrogen-bond donors (Lipinski definition) is 2. The van der Waals surface area contributed by atoms with Crippen LogP contribution in [-0.2, 0) is 14.3 Å². The Bertz CT molecular complexity index is 628. The Hall–Kier alpha value is -1.46. The van der Waals surface area contributed by atoms with Gasteiger partial charge in [0, 0.05) is 30.9 Å². The zero-order valence-electron chi connectivity index (χ0n) is 20.3. The van der Waals surface area contributed by atoms with E-state index < -0.39 is 23.1 Å². The first kappa shape index (κ1) is 27.6. The molecule has 0 spiro atoms. The minimum Gasteiger partial charge on any atom is -0.481 e. The number of carboxylic acids is 1. The summed E-state index contributed by atoms with van der Waals surface area (Å²) in [6.45, 7) is 8.00. The van der Waals surface area contributed by atoms with Crippen LogP contribution in [0.15, 0.2) is 23.8 Å². The SMILES string of the molecule is CCCCCC/C=C(/C(=O)C(C)(C)C)[C@]1(OC)CC(C/C=C\CCCC(=O)O)[C@@H](O)C1. The number of rotatable bonds is 14. The third-order valence-corrected chi connectivity index (χ3v) is 6.26. The Kier molecular flexibility index (Phi) is 11.7. The van der Waals surface area contributed by atoms with Crippen LogP contribution in [0.4, 0.5) is 0 Å². The lowest BCUT2D eigenvalue weighted by atomic mass is 9.77. The highest BCUT2D eigenvalue weighted by Gasteiger charge is 2.50. The van der Waals surface area contributed by atoms with Gasteiger partial charge in [0.25, 0.3) is 0 Å². The molecular weight excluding hydrogens is 392 g/mol. The maximum absolute atomic E-state index is 13.3. The summed E-state index contributed by atoms with van der Waals surface area (Å²) < 4.78 is 5.99. The van der Waals surface area contributed by atoms with Gasteiger partial charge >= 0.3 is 5.97 Å².